The van der Waals surface area contributed by atoms with Crippen LogP contribution in [0.15, 0.2) is 36.7 Å². The molecule has 0 atom stereocenters. The van der Waals surface area contributed by atoms with Crippen molar-refractivity contribution in [2.45, 2.75) is 13.5 Å². The predicted octanol–water partition coefficient (Wildman–Crippen LogP) is 1.55. The molecule has 5 nitrogen and oxygen atoms in total. The predicted molar refractivity (Wildman–Crippen MR) is 74.8 cm³/mol. The Morgan fingerprint density at radius 1 is 1.47 bits per heavy atom. The van der Waals surface area contributed by atoms with E-state index in [0.717, 1.165) is 5.56 Å². The molecule has 0 saturated carbocycles. The normalized spacial score (nSPS) is 10.4. The zero-order chi connectivity index (χ0) is 13.8. The summed E-state index contributed by atoms with van der Waals surface area (Å²) in [4.78, 5) is 14.0. The third-order valence-electron chi connectivity index (χ3n) is 3.06. The number of aryl methyl sites for hydroxylation is 1. The van der Waals surface area contributed by atoms with Crippen molar-refractivity contribution in [3.63, 3.8) is 0 Å². The van der Waals surface area contributed by atoms with E-state index in [1.165, 1.54) is 0 Å². The summed E-state index contributed by atoms with van der Waals surface area (Å²) < 4.78 is 1.80. The van der Waals surface area contributed by atoms with Crippen molar-refractivity contribution >= 4 is 11.6 Å². The molecule has 5 heteroatoms. The van der Waals surface area contributed by atoms with Crippen LogP contribution in [-0.4, -0.2) is 34.2 Å². The van der Waals surface area contributed by atoms with Gasteiger partial charge in [0.2, 0.25) is 0 Å². The molecule has 0 fully saturated rings. The van der Waals surface area contributed by atoms with Crippen molar-refractivity contribution in [1.29, 1.82) is 0 Å². The molecule has 19 heavy (non-hydrogen) atoms. The molecule has 2 aromatic rings. The van der Waals surface area contributed by atoms with E-state index in [1.807, 2.05) is 25.3 Å². The van der Waals surface area contributed by atoms with Crippen molar-refractivity contribution in [3.05, 3.63) is 47.8 Å². The Morgan fingerprint density at radius 2 is 2.26 bits per heavy atom. The zero-order valence-electron chi connectivity index (χ0n) is 11.2. The van der Waals surface area contributed by atoms with Crippen LogP contribution in [0, 0.1) is 6.92 Å². The van der Waals surface area contributed by atoms with E-state index in [9.17, 15) is 4.79 Å². The summed E-state index contributed by atoms with van der Waals surface area (Å²) in [5.41, 5.74) is 7.93. The van der Waals surface area contributed by atoms with E-state index < -0.39 is 0 Å². The van der Waals surface area contributed by atoms with Gasteiger partial charge in [-0.15, -0.1) is 0 Å². The molecule has 0 aliphatic rings. The van der Waals surface area contributed by atoms with Crippen molar-refractivity contribution in [3.8, 4) is 0 Å². The summed E-state index contributed by atoms with van der Waals surface area (Å²) in [6, 6.07) is 7.26. The number of likely N-dealkylation sites (N-methyl/N-ethyl adjacent to an activating group) is 1. The van der Waals surface area contributed by atoms with Gasteiger partial charge in [0, 0.05) is 37.2 Å². The fourth-order valence-corrected chi connectivity index (χ4v) is 1.86. The molecule has 0 aliphatic carbocycles. The maximum Gasteiger partial charge on any atom is 0.254 e. The first kappa shape index (κ1) is 13.1. The highest BCUT2D eigenvalue weighted by Gasteiger charge is 2.14. The van der Waals surface area contributed by atoms with Gasteiger partial charge >= 0.3 is 0 Å². The minimum absolute atomic E-state index is 0.0167. The first-order valence-electron chi connectivity index (χ1n) is 6.17. The van der Waals surface area contributed by atoms with E-state index >= 15 is 0 Å². The molecule has 1 amide bonds. The van der Waals surface area contributed by atoms with E-state index in [0.29, 0.717) is 24.3 Å². The van der Waals surface area contributed by atoms with Crippen LogP contribution in [0.2, 0.25) is 0 Å². The lowest BCUT2D eigenvalue weighted by atomic mass is 10.1. The Balaban J connectivity index is 2.04. The van der Waals surface area contributed by atoms with Gasteiger partial charge in [-0.1, -0.05) is 6.07 Å². The second-order valence-corrected chi connectivity index (χ2v) is 4.57. The summed E-state index contributed by atoms with van der Waals surface area (Å²) in [5, 5.41) is 4.11. The topological polar surface area (TPSA) is 64.2 Å². The van der Waals surface area contributed by atoms with E-state index in [1.54, 1.807) is 35.0 Å². The number of carbonyl (C=O) groups excluding carboxylic acids is 1. The van der Waals surface area contributed by atoms with Crippen LogP contribution >= 0.6 is 0 Å². The summed E-state index contributed by atoms with van der Waals surface area (Å²) in [6.45, 7) is 3.19. The molecule has 0 bridgehead atoms. The second kappa shape index (κ2) is 5.56. The van der Waals surface area contributed by atoms with E-state index in [2.05, 4.69) is 5.10 Å². The number of aromatic nitrogens is 2. The van der Waals surface area contributed by atoms with Crippen molar-refractivity contribution < 1.29 is 4.79 Å². The average Bonchev–Trinajstić information content (AvgIpc) is 2.91. The maximum absolute atomic E-state index is 12.3. The molecule has 2 rings (SSSR count). The van der Waals surface area contributed by atoms with Gasteiger partial charge in [-0.25, -0.2) is 0 Å². The SMILES string of the molecule is Cc1ccc(N)cc1C(=O)N(C)CCn1cccn1. The van der Waals surface area contributed by atoms with Gasteiger partial charge in [-0.2, -0.15) is 5.10 Å². The Morgan fingerprint density at radius 3 is 2.95 bits per heavy atom. The maximum atomic E-state index is 12.3. The fraction of sp³-hybridized carbons (Fsp3) is 0.286. The lowest BCUT2D eigenvalue weighted by Crippen LogP contribution is -2.30. The van der Waals surface area contributed by atoms with E-state index in [4.69, 9.17) is 5.73 Å². The second-order valence-electron chi connectivity index (χ2n) is 4.57. The third-order valence-corrected chi connectivity index (χ3v) is 3.06. The van der Waals surface area contributed by atoms with Gasteiger partial charge in [-0.05, 0) is 30.7 Å². The third kappa shape index (κ3) is 3.13. The number of nitrogens with zero attached hydrogens (tertiary/aromatic N) is 3. The number of hydrogen-bond acceptors (Lipinski definition) is 3. The Hall–Kier alpha value is -2.30. The summed E-state index contributed by atoms with van der Waals surface area (Å²) in [5.74, 6) is -0.0167. The van der Waals surface area contributed by atoms with Crippen LogP contribution in [0.25, 0.3) is 0 Å². The van der Waals surface area contributed by atoms with Crippen molar-refractivity contribution in [1.82, 2.24) is 14.7 Å². The lowest BCUT2D eigenvalue weighted by molar-refractivity contribution is 0.0788. The quantitative estimate of drug-likeness (QED) is 0.846. The summed E-state index contributed by atoms with van der Waals surface area (Å²) in [7, 11) is 1.79. The number of nitrogens with two attached hydrogens (primary N) is 1. The van der Waals surface area contributed by atoms with Crippen LogP contribution in [-0.2, 0) is 6.54 Å². The number of anilines is 1. The van der Waals surface area contributed by atoms with Gasteiger partial charge < -0.3 is 10.6 Å². The molecular weight excluding hydrogens is 240 g/mol. The molecule has 0 spiro atoms. The summed E-state index contributed by atoms with van der Waals surface area (Å²) >= 11 is 0. The van der Waals surface area contributed by atoms with Crippen LogP contribution < -0.4 is 5.73 Å². The molecule has 0 radical (unpaired) electrons. The molecular formula is C14H18N4O. The van der Waals surface area contributed by atoms with Gasteiger partial charge in [-0.3, -0.25) is 9.48 Å². The largest absolute Gasteiger partial charge is 0.399 e. The van der Waals surface area contributed by atoms with Gasteiger partial charge in [0.1, 0.15) is 0 Å². The monoisotopic (exact) mass is 258 g/mol. The number of nitrogen functional groups attached to an aromatic ring is 1. The highest BCUT2D eigenvalue weighted by molar-refractivity contribution is 5.96. The van der Waals surface area contributed by atoms with Crippen LogP contribution in [0.4, 0.5) is 5.69 Å². The van der Waals surface area contributed by atoms with E-state index in [-0.39, 0.29) is 5.91 Å². The Kier molecular flexibility index (Phi) is 3.85. The molecule has 1 aromatic heterocycles. The molecule has 2 N–H and O–H groups in total. The lowest BCUT2D eigenvalue weighted by Gasteiger charge is -2.18. The standard InChI is InChI=1S/C14H18N4O/c1-11-4-5-12(15)10-13(11)14(19)17(2)8-9-18-7-3-6-16-18/h3-7,10H,8-9,15H2,1-2H3. The first-order chi connectivity index (χ1) is 9.08. The summed E-state index contributed by atoms with van der Waals surface area (Å²) in [6.07, 6.45) is 3.61. The number of carbonyl (C=O) groups is 1. The highest BCUT2D eigenvalue weighted by atomic mass is 16.2. The molecule has 0 saturated heterocycles. The van der Waals surface area contributed by atoms with Crippen LogP contribution in [0.1, 0.15) is 15.9 Å². The zero-order valence-corrected chi connectivity index (χ0v) is 11.2. The molecule has 100 valence electrons. The number of amides is 1. The number of benzene rings is 1. The van der Waals surface area contributed by atoms with Crippen molar-refractivity contribution in [2.24, 2.45) is 0 Å². The van der Waals surface area contributed by atoms with Crippen LogP contribution in [0.5, 0.6) is 0 Å². The minimum atomic E-state index is -0.0167. The molecule has 1 heterocycles. The smallest absolute Gasteiger partial charge is 0.254 e. The van der Waals surface area contributed by atoms with Gasteiger partial charge in [0.05, 0.1) is 6.54 Å². The minimum Gasteiger partial charge on any atom is -0.399 e. The molecule has 0 aliphatic heterocycles. The van der Waals surface area contributed by atoms with Gasteiger partial charge in [0.25, 0.3) is 5.91 Å². The number of rotatable bonds is 4. The Bertz CT molecular complexity index is 563. The van der Waals surface area contributed by atoms with Gasteiger partial charge in [0.15, 0.2) is 0 Å². The first-order valence-corrected chi connectivity index (χ1v) is 6.17. The highest BCUT2D eigenvalue weighted by Crippen LogP contribution is 2.14. The molecule has 1 aromatic carbocycles. The average molecular weight is 258 g/mol. The number of hydrogen-bond donors (Lipinski definition) is 1. The Labute approximate surface area is 112 Å². The van der Waals surface area contributed by atoms with Crippen molar-refractivity contribution in [2.75, 3.05) is 19.3 Å². The fourth-order valence-electron chi connectivity index (χ4n) is 1.86. The molecule has 0 unspecified atom stereocenters. The van der Waals surface area contributed by atoms with Crippen LogP contribution in [0.3, 0.4) is 0 Å².